The van der Waals surface area contributed by atoms with Crippen LogP contribution in [0.3, 0.4) is 0 Å². The minimum absolute atomic E-state index is 0. The van der Waals surface area contributed by atoms with Gasteiger partial charge in [0.25, 0.3) is 5.95 Å². The molecule has 0 spiro atoms. The van der Waals surface area contributed by atoms with Crippen LogP contribution >= 0.6 is 0 Å². The third-order valence-electron chi connectivity index (χ3n) is 4.13. The lowest BCUT2D eigenvalue weighted by Crippen LogP contribution is -2.13. The molecule has 0 fully saturated rings. The van der Waals surface area contributed by atoms with Gasteiger partial charge in [-0.1, -0.05) is 25.6 Å². The van der Waals surface area contributed by atoms with Crippen LogP contribution in [0.1, 0.15) is 36.0 Å². The highest BCUT2D eigenvalue weighted by molar-refractivity contribution is 6.11. The van der Waals surface area contributed by atoms with Gasteiger partial charge in [-0.3, -0.25) is 0 Å². The average molecular weight is 393 g/mol. The number of ether oxygens (including phenoxy) is 1. The summed E-state index contributed by atoms with van der Waals surface area (Å²) in [6.45, 7) is 3.52. The Bertz CT molecular complexity index is 1120. The number of benzene rings is 2. The number of carboxylic acids is 1. The van der Waals surface area contributed by atoms with Crippen molar-refractivity contribution in [3.8, 4) is 5.75 Å². The molecule has 3 rings (SSSR count). The third-order valence-corrected chi connectivity index (χ3v) is 4.13. The lowest BCUT2D eigenvalue weighted by atomic mass is 10.0. The standard InChI is InChI=1S/C20H19N5O3.CH4/c1-11(14-6-4-5-7-16(14)18(26)27)22-19(21)25-20-23-12(2)15-9-8-13(28-3)10-17(15)24-20;/h4-10H,1-3H3,(H,26,27)(H2,21,23,24,25);1H4. The van der Waals surface area contributed by atoms with Crippen LogP contribution in [0.15, 0.2) is 52.4 Å². The topological polar surface area (TPSA) is 123 Å². The molecule has 1 heterocycles. The molecule has 150 valence electrons. The Morgan fingerprint density at radius 3 is 2.48 bits per heavy atom. The van der Waals surface area contributed by atoms with Gasteiger partial charge >= 0.3 is 5.97 Å². The maximum Gasteiger partial charge on any atom is 0.336 e. The third kappa shape index (κ3) is 4.73. The number of guanidine groups is 1. The second-order valence-corrected chi connectivity index (χ2v) is 6.01. The largest absolute Gasteiger partial charge is 0.497 e. The van der Waals surface area contributed by atoms with Crippen LogP contribution in [0.25, 0.3) is 10.9 Å². The molecule has 0 saturated carbocycles. The van der Waals surface area contributed by atoms with Crippen molar-refractivity contribution in [1.82, 2.24) is 9.97 Å². The van der Waals surface area contributed by atoms with E-state index in [1.54, 1.807) is 38.3 Å². The number of fused-ring (bicyclic) bond motifs is 1. The van der Waals surface area contributed by atoms with Gasteiger partial charge in [0.1, 0.15) is 5.75 Å². The van der Waals surface area contributed by atoms with Gasteiger partial charge in [-0.15, -0.1) is 0 Å². The van der Waals surface area contributed by atoms with Crippen LogP contribution < -0.4 is 10.5 Å². The maximum atomic E-state index is 11.4. The summed E-state index contributed by atoms with van der Waals surface area (Å²) in [7, 11) is 1.58. The Hall–Kier alpha value is -3.81. The van der Waals surface area contributed by atoms with Crippen LogP contribution in [-0.2, 0) is 0 Å². The molecule has 8 nitrogen and oxygen atoms in total. The second-order valence-electron chi connectivity index (χ2n) is 6.01. The van der Waals surface area contributed by atoms with Crippen molar-refractivity contribution in [2.24, 2.45) is 15.7 Å². The second kappa shape index (κ2) is 8.92. The number of carbonyl (C=O) groups is 1. The molecule has 1 aromatic heterocycles. The van der Waals surface area contributed by atoms with Gasteiger partial charge in [-0.05, 0) is 32.0 Å². The highest BCUT2D eigenvalue weighted by Crippen LogP contribution is 2.23. The van der Waals surface area contributed by atoms with Crippen molar-refractivity contribution < 1.29 is 14.6 Å². The molecule has 8 heteroatoms. The number of aromatic carboxylic acids is 1. The van der Waals surface area contributed by atoms with Crippen molar-refractivity contribution in [2.75, 3.05) is 7.11 Å². The number of carboxylic acid groups (broad SMARTS) is 1. The minimum Gasteiger partial charge on any atom is -0.497 e. The quantitative estimate of drug-likeness (QED) is 0.514. The molecule has 3 N–H and O–H groups in total. The van der Waals surface area contributed by atoms with Crippen molar-refractivity contribution in [3.05, 3.63) is 59.3 Å². The van der Waals surface area contributed by atoms with Crippen molar-refractivity contribution in [3.63, 3.8) is 0 Å². The molecule has 29 heavy (non-hydrogen) atoms. The van der Waals surface area contributed by atoms with E-state index >= 15 is 0 Å². The Kier molecular flexibility index (Phi) is 6.61. The molecule has 0 radical (unpaired) electrons. The fourth-order valence-electron chi connectivity index (χ4n) is 2.77. The average Bonchev–Trinajstić information content (AvgIpc) is 2.67. The smallest absolute Gasteiger partial charge is 0.336 e. The number of aliphatic imine (C=N–C) groups is 2. The SMILES string of the molecule is C.COc1ccc2c(C)nc(N=C(N)N=C(C)c3ccccc3C(=O)O)nc2c1. The lowest BCUT2D eigenvalue weighted by Gasteiger charge is -2.06. The molecule has 0 aliphatic carbocycles. The van der Waals surface area contributed by atoms with Crippen molar-refractivity contribution in [1.29, 1.82) is 0 Å². The zero-order valence-electron chi connectivity index (χ0n) is 15.7. The van der Waals surface area contributed by atoms with Crippen LogP contribution in [0, 0.1) is 6.92 Å². The molecule has 0 aliphatic rings. The zero-order chi connectivity index (χ0) is 20.3. The first kappa shape index (κ1) is 21.5. The van der Waals surface area contributed by atoms with Crippen molar-refractivity contribution in [2.45, 2.75) is 21.3 Å². The Morgan fingerprint density at radius 2 is 1.83 bits per heavy atom. The maximum absolute atomic E-state index is 11.4. The molecule has 0 bridgehead atoms. The summed E-state index contributed by atoms with van der Waals surface area (Å²) in [5.41, 5.74) is 8.39. The molecule has 0 unspecified atom stereocenters. The van der Waals surface area contributed by atoms with Crippen LogP contribution in [0.4, 0.5) is 5.95 Å². The van der Waals surface area contributed by atoms with Crippen LogP contribution in [-0.4, -0.2) is 39.8 Å². The van der Waals surface area contributed by atoms with Gasteiger partial charge in [-0.2, -0.15) is 4.99 Å². The first-order valence-electron chi connectivity index (χ1n) is 8.43. The summed E-state index contributed by atoms with van der Waals surface area (Å²) in [4.78, 5) is 28.5. The number of methoxy groups -OCH3 is 1. The molecule has 3 aromatic rings. The van der Waals surface area contributed by atoms with E-state index in [9.17, 15) is 9.90 Å². The summed E-state index contributed by atoms with van der Waals surface area (Å²) in [5.74, 6) is -0.270. The van der Waals surface area contributed by atoms with Gasteiger partial charge in [0.15, 0.2) is 0 Å². The number of hydrogen-bond donors (Lipinski definition) is 2. The molecule has 0 aliphatic heterocycles. The Balaban J connectivity index is 0.00000300. The van der Waals surface area contributed by atoms with E-state index in [4.69, 9.17) is 10.5 Å². The summed E-state index contributed by atoms with van der Waals surface area (Å²) >= 11 is 0. The highest BCUT2D eigenvalue weighted by atomic mass is 16.5. The number of aromatic nitrogens is 2. The molecule has 2 aromatic carbocycles. The fourth-order valence-corrected chi connectivity index (χ4v) is 2.77. The molecule has 0 amide bonds. The predicted molar refractivity (Wildman–Crippen MR) is 114 cm³/mol. The Labute approximate surface area is 168 Å². The van der Waals surface area contributed by atoms with Gasteiger partial charge in [0.05, 0.1) is 23.9 Å². The minimum atomic E-state index is -1.04. The van der Waals surface area contributed by atoms with Gasteiger partial charge < -0.3 is 15.6 Å². The van der Waals surface area contributed by atoms with E-state index in [0.29, 0.717) is 22.5 Å². The van der Waals surface area contributed by atoms with E-state index in [2.05, 4.69) is 20.0 Å². The van der Waals surface area contributed by atoms with Gasteiger partial charge in [0.2, 0.25) is 5.96 Å². The predicted octanol–water partition coefficient (Wildman–Crippen LogP) is 3.74. The summed E-state index contributed by atoms with van der Waals surface area (Å²) in [5, 5.41) is 10.2. The van der Waals surface area contributed by atoms with Crippen LogP contribution in [0.5, 0.6) is 5.75 Å². The number of aryl methyl sites for hydroxylation is 1. The number of rotatable bonds is 4. The van der Waals surface area contributed by atoms with E-state index in [0.717, 1.165) is 11.1 Å². The monoisotopic (exact) mass is 393 g/mol. The number of nitrogens with zero attached hydrogens (tertiary/aromatic N) is 4. The first-order valence-corrected chi connectivity index (χ1v) is 8.43. The summed E-state index contributed by atoms with van der Waals surface area (Å²) in [6.07, 6.45) is 0. The Morgan fingerprint density at radius 1 is 1.14 bits per heavy atom. The summed E-state index contributed by atoms with van der Waals surface area (Å²) in [6, 6.07) is 12.1. The number of hydrogen-bond acceptors (Lipinski definition) is 5. The normalized spacial score (nSPS) is 11.8. The molecular formula is C21H23N5O3. The van der Waals surface area contributed by atoms with Crippen molar-refractivity contribution >= 4 is 34.5 Å². The highest BCUT2D eigenvalue weighted by Gasteiger charge is 2.12. The fraction of sp³-hybridized carbons (Fsp3) is 0.190. The molecule has 0 atom stereocenters. The number of nitrogens with two attached hydrogens (primary N) is 1. The van der Waals surface area contributed by atoms with E-state index in [1.165, 1.54) is 6.07 Å². The van der Waals surface area contributed by atoms with E-state index in [1.807, 2.05) is 19.1 Å². The first-order chi connectivity index (χ1) is 13.4. The van der Waals surface area contributed by atoms with Crippen LogP contribution in [0.2, 0.25) is 0 Å². The molecule has 0 saturated heterocycles. The van der Waals surface area contributed by atoms with Gasteiger partial charge in [0, 0.05) is 22.7 Å². The van der Waals surface area contributed by atoms with E-state index in [-0.39, 0.29) is 24.9 Å². The van der Waals surface area contributed by atoms with E-state index < -0.39 is 5.97 Å². The van der Waals surface area contributed by atoms with Gasteiger partial charge in [-0.25, -0.2) is 19.8 Å². The zero-order valence-corrected chi connectivity index (χ0v) is 15.7. The lowest BCUT2D eigenvalue weighted by molar-refractivity contribution is 0.0696. The molecular weight excluding hydrogens is 370 g/mol. The summed E-state index contributed by atoms with van der Waals surface area (Å²) < 4.78 is 5.22.